The first-order chi connectivity index (χ1) is 9.13. The van der Waals surface area contributed by atoms with E-state index in [2.05, 4.69) is 0 Å². The lowest BCUT2D eigenvalue weighted by atomic mass is 10.2. The van der Waals surface area contributed by atoms with E-state index in [0.29, 0.717) is 26.2 Å². The second kappa shape index (κ2) is 5.88. The van der Waals surface area contributed by atoms with E-state index < -0.39 is 6.61 Å². The Hall–Kier alpha value is -1.82. The van der Waals surface area contributed by atoms with Crippen molar-refractivity contribution in [2.45, 2.75) is 13.0 Å². The molecule has 2 rings (SSSR count). The van der Waals surface area contributed by atoms with Crippen LogP contribution in [0.3, 0.4) is 0 Å². The van der Waals surface area contributed by atoms with Crippen molar-refractivity contribution in [1.29, 1.82) is 0 Å². The fraction of sp³-hybridized carbons (Fsp3) is 0.538. The molecule has 1 aliphatic heterocycles. The first-order valence-electron chi connectivity index (χ1n) is 6.43. The van der Waals surface area contributed by atoms with Gasteiger partial charge in [-0.25, -0.2) is 0 Å². The van der Waals surface area contributed by atoms with Gasteiger partial charge in [0.1, 0.15) is 12.6 Å². The Balaban J connectivity index is 1.91. The number of hydrogen-bond acceptors (Lipinski definition) is 3. The van der Waals surface area contributed by atoms with Crippen molar-refractivity contribution in [3.8, 4) is 0 Å². The van der Waals surface area contributed by atoms with E-state index in [9.17, 15) is 9.59 Å². The number of carbonyl (C=O) groups excluding carboxylic acids is 2. The largest absolute Gasteiger partial charge is 0.387 e. The molecule has 0 aliphatic carbocycles. The molecule has 0 radical (unpaired) electrons. The van der Waals surface area contributed by atoms with Crippen molar-refractivity contribution in [3.05, 3.63) is 24.5 Å². The van der Waals surface area contributed by atoms with Gasteiger partial charge in [0.15, 0.2) is 0 Å². The lowest BCUT2D eigenvalue weighted by Crippen LogP contribution is -2.52. The zero-order chi connectivity index (χ0) is 13.8. The highest BCUT2D eigenvalue weighted by atomic mass is 16.3. The third-order valence-corrected chi connectivity index (χ3v) is 3.51. The number of aliphatic hydroxyl groups is 1. The van der Waals surface area contributed by atoms with E-state index in [0.717, 1.165) is 0 Å². The summed E-state index contributed by atoms with van der Waals surface area (Å²) < 4.78 is 1.87. The molecule has 0 aromatic carbocycles. The lowest BCUT2D eigenvalue weighted by Gasteiger charge is -2.35. The van der Waals surface area contributed by atoms with Gasteiger partial charge in [-0.1, -0.05) is 0 Å². The predicted octanol–water partition coefficient (Wildman–Crippen LogP) is -0.288. The average Bonchev–Trinajstić information content (AvgIpc) is 2.99. The molecule has 104 valence electrons. The summed E-state index contributed by atoms with van der Waals surface area (Å²) in [4.78, 5) is 27.0. The van der Waals surface area contributed by atoms with Gasteiger partial charge in [-0.3, -0.25) is 9.59 Å². The molecule has 1 aromatic rings. The standard InChI is InChI=1S/C13H19N3O3/c1-11(14-4-2-3-5-14)13(19)16-8-6-15(7-9-16)12(18)10-17/h2-5,11,17H,6-10H2,1H3. The summed E-state index contributed by atoms with van der Waals surface area (Å²) >= 11 is 0. The predicted molar refractivity (Wildman–Crippen MR) is 69.4 cm³/mol. The Morgan fingerprint density at radius 2 is 1.63 bits per heavy atom. The summed E-state index contributed by atoms with van der Waals surface area (Å²) in [5.74, 6) is -0.210. The van der Waals surface area contributed by atoms with E-state index in [-0.39, 0.29) is 17.9 Å². The van der Waals surface area contributed by atoms with Gasteiger partial charge in [0.05, 0.1) is 0 Å². The van der Waals surface area contributed by atoms with Crippen LogP contribution in [0.2, 0.25) is 0 Å². The van der Waals surface area contributed by atoms with Crippen LogP contribution in [0, 0.1) is 0 Å². The van der Waals surface area contributed by atoms with Crippen LogP contribution in [0.1, 0.15) is 13.0 Å². The van der Waals surface area contributed by atoms with Crippen molar-refractivity contribution in [1.82, 2.24) is 14.4 Å². The topological polar surface area (TPSA) is 65.8 Å². The van der Waals surface area contributed by atoms with Gasteiger partial charge in [0, 0.05) is 38.6 Å². The van der Waals surface area contributed by atoms with E-state index in [1.165, 1.54) is 0 Å². The molecular formula is C13H19N3O3. The third-order valence-electron chi connectivity index (χ3n) is 3.51. The smallest absolute Gasteiger partial charge is 0.248 e. The Labute approximate surface area is 112 Å². The Bertz CT molecular complexity index is 436. The molecule has 0 saturated carbocycles. The van der Waals surface area contributed by atoms with Crippen molar-refractivity contribution in [2.24, 2.45) is 0 Å². The van der Waals surface area contributed by atoms with Crippen molar-refractivity contribution < 1.29 is 14.7 Å². The van der Waals surface area contributed by atoms with Crippen LogP contribution in [0.15, 0.2) is 24.5 Å². The van der Waals surface area contributed by atoms with E-state index in [1.807, 2.05) is 36.0 Å². The molecule has 1 unspecified atom stereocenters. The van der Waals surface area contributed by atoms with Crippen molar-refractivity contribution in [2.75, 3.05) is 32.8 Å². The molecule has 1 fully saturated rings. The monoisotopic (exact) mass is 265 g/mol. The summed E-state index contributed by atoms with van der Waals surface area (Å²) in [6.07, 6.45) is 3.74. The maximum atomic E-state index is 12.3. The number of hydrogen-bond donors (Lipinski definition) is 1. The highest BCUT2D eigenvalue weighted by Gasteiger charge is 2.26. The molecule has 1 atom stereocenters. The molecule has 0 bridgehead atoms. The molecular weight excluding hydrogens is 246 g/mol. The summed E-state index contributed by atoms with van der Waals surface area (Å²) in [7, 11) is 0. The second-order valence-electron chi connectivity index (χ2n) is 4.67. The highest BCUT2D eigenvalue weighted by Crippen LogP contribution is 2.12. The number of aromatic nitrogens is 1. The molecule has 1 saturated heterocycles. The molecule has 2 heterocycles. The molecule has 2 amide bonds. The number of rotatable bonds is 3. The minimum Gasteiger partial charge on any atom is -0.387 e. The number of nitrogens with zero attached hydrogens (tertiary/aromatic N) is 3. The second-order valence-corrected chi connectivity index (χ2v) is 4.67. The van der Waals surface area contributed by atoms with Crippen LogP contribution in [0.4, 0.5) is 0 Å². The molecule has 0 spiro atoms. The zero-order valence-corrected chi connectivity index (χ0v) is 11.0. The van der Waals surface area contributed by atoms with Gasteiger partial charge in [0.2, 0.25) is 11.8 Å². The lowest BCUT2D eigenvalue weighted by molar-refractivity contribution is -0.142. The maximum Gasteiger partial charge on any atom is 0.248 e. The zero-order valence-electron chi connectivity index (χ0n) is 11.0. The SMILES string of the molecule is CC(C(=O)N1CCN(C(=O)CO)CC1)n1cccc1. The summed E-state index contributed by atoms with van der Waals surface area (Å²) in [5, 5.41) is 8.80. The fourth-order valence-corrected chi connectivity index (χ4v) is 2.27. The quantitative estimate of drug-likeness (QED) is 0.817. The Morgan fingerprint density at radius 3 is 2.16 bits per heavy atom. The maximum absolute atomic E-state index is 12.3. The molecule has 1 aliphatic rings. The van der Waals surface area contributed by atoms with Gasteiger partial charge in [0.25, 0.3) is 0 Å². The van der Waals surface area contributed by atoms with Gasteiger partial charge in [-0.2, -0.15) is 0 Å². The van der Waals surface area contributed by atoms with Crippen LogP contribution in [0.25, 0.3) is 0 Å². The van der Waals surface area contributed by atoms with E-state index >= 15 is 0 Å². The van der Waals surface area contributed by atoms with E-state index in [4.69, 9.17) is 5.11 Å². The highest BCUT2D eigenvalue weighted by molar-refractivity contribution is 5.81. The van der Waals surface area contributed by atoms with Crippen molar-refractivity contribution in [3.63, 3.8) is 0 Å². The number of carbonyl (C=O) groups is 2. The first-order valence-corrected chi connectivity index (χ1v) is 6.43. The van der Waals surface area contributed by atoms with Gasteiger partial charge >= 0.3 is 0 Å². The van der Waals surface area contributed by atoms with Crippen LogP contribution >= 0.6 is 0 Å². The molecule has 1 N–H and O–H groups in total. The van der Waals surface area contributed by atoms with Gasteiger partial charge < -0.3 is 19.5 Å². The van der Waals surface area contributed by atoms with Gasteiger partial charge in [-0.15, -0.1) is 0 Å². The van der Waals surface area contributed by atoms with Crippen LogP contribution in [0.5, 0.6) is 0 Å². The fourth-order valence-electron chi connectivity index (χ4n) is 2.27. The molecule has 6 nitrogen and oxygen atoms in total. The molecule has 6 heteroatoms. The summed E-state index contributed by atoms with van der Waals surface area (Å²) in [6, 6.07) is 3.55. The first kappa shape index (κ1) is 13.6. The number of amides is 2. The average molecular weight is 265 g/mol. The Morgan fingerprint density at radius 1 is 1.11 bits per heavy atom. The normalized spacial score (nSPS) is 17.4. The van der Waals surface area contributed by atoms with E-state index in [1.54, 1.807) is 9.80 Å². The number of piperazine rings is 1. The Kier molecular flexibility index (Phi) is 4.21. The van der Waals surface area contributed by atoms with Crippen molar-refractivity contribution >= 4 is 11.8 Å². The molecule has 19 heavy (non-hydrogen) atoms. The molecule has 1 aromatic heterocycles. The number of aliphatic hydroxyl groups excluding tert-OH is 1. The van der Waals surface area contributed by atoms with Crippen LogP contribution in [-0.2, 0) is 9.59 Å². The summed E-state index contributed by atoms with van der Waals surface area (Å²) in [5.41, 5.74) is 0. The summed E-state index contributed by atoms with van der Waals surface area (Å²) in [6.45, 7) is 3.43. The van der Waals surface area contributed by atoms with Gasteiger partial charge in [-0.05, 0) is 19.1 Å². The van der Waals surface area contributed by atoms with Crippen LogP contribution < -0.4 is 0 Å². The minimum absolute atomic E-state index is 0.0623. The minimum atomic E-state index is -0.465. The van der Waals surface area contributed by atoms with Crippen LogP contribution in [-0.4, -0.2) is 64.1 Å². The third kappa shape index (κ3) is 2.96.